The number of rotatable bonds is 7. The number of hydrogen-bond donors (Lipinski definition) is 3. The van der Waals surface area contributed by atoms with Crippen molar-refractivity contribution in [1.82, 2.24) is 10.3 Å². The molecule has 2 rings (SSSR count). The number of aromatic nitrogens is 1. The Labute approximate surface area is 169 Å². The molecule has 3 N–H and O–H groups in total. The Balaban J connectivity index is 2.10. The Morgan fingerprint density at radius 3 is 2.13 bits per heavy atom. The van der Waals surface area contributed by atoms with Gasteiger partial charge in [-0.3, -0.25) is 14.4 Å². The number of benzene rings is 1. The molecule has 0 atom stereocenters. The summed E-state index contributed by atoms with van der Waals surface area (Å²) in [4.78, 5) is 38.8. The molecule has 30 heavy (non-hydrogen) atoms. The van der Waals surface area contributed by atoms with E-state index in [9.17, 15) is 27.6 Å². The van der Waals surface area contributed by atoms with Crippen LogP contribution in [-0.2, 0) is 16.1 Å². The topological polar surface area (TPSA) is 109 Å². The molecule has 1 heterocycles. The fourth-order valence-corrected chi connectivity index (χ4v) is 2.39. The number of nitrogens with one attached hydrogen (secondary N) is 3. The van der Waals surface area contributed by atoms with Crippen LogP contribution in [0.4, 0.5) is 24.5 Å². The lowest BCUT2D eigenvalue weighted by atomic mass is 10.1. The fourth-order valence-electron chi connectivity index (χ4n) is 2.39. The summed E-state index contributed by atoms with van der Waals surface area (Å²) in [6, 6.07) is 7.13. The van der Waals surface area contributed by atoms with Gasteiger partial charge < -0.3 is 20.7 Å². The molecule has 0 fully saturated rings. The lowest BCUT2D eigenvalue weighted by molar-refractivity contribution is -0.154. The molecule has 0 saturated carbocycles. The minimum atomic E-state index is -4.49. The number of amides is 3. The van der Waals surface area contributed by atoms with Crippen molar-refractivity contribution < 1.29 is 32.3 Å². The minimum absolute atomic E-state index is 0.0104. The van der Waals surface area contributed by atoms with Crippen molar-refractivity contribution in [2.45, 2.75) is 26.6 Å². The highest BCUT2D eigenvalue weighted by atomic mass is 19.4. The zero-order valence-corrected chi connectivity index (χ0v) is 16.1. The lowest BCUT2D eigenvalue weighted by Crippen LogP contribution is -2.23. The van der Waals surface area contributed by atoms with Gasteiger partial charge >= 0.3 is 6.18 Å². The summed E-state index contributed by atoms with van der Waals surface area (Å²) < 4.78 is 41.3. The Morgan fingerprint density at radius 1 is 1.00 bits per heavy atom. The van der Waals surface area contributed by atoms with Crippen molar-refractivity contribution in [2.24, 2.45) is 0 Å². The number of ether oxygens (including phenoxy) is 1. The predicted molar refractivity (Wildman–Crippen MR) is 102 cm³/mol. The van der Waals surface area contributed by atoms with Gasteiger partial charge in [0, 0.05) is 49.6 Å². The predicted octanol–water partition coefficient (Wildman–Crippen LogP) is 2.87. The van der Waals surface area contributed by atoms with E-state index in [-0.39, 0.29) is 29.8 Å². The molecule has 1 aromatic heterocycles. The van der Waals surface area contributed by atoms with Crippen LogP contribution in [-0.4, -0.2) is 35.5 Å². The van der Waals surface area contributed by atoms with Gasteiger partial charge in [0.1, 0.15) is 0 Å². The Hall–Kier alpha value is -3.63. The van der Waals surface area contributed by atoms with Gasteiger partial charge in [0.2, 0.25) is 17.7 Å². The average Bonchev–Trinajstić information content (AvgIpc) is 2.63. The summed E-state index contributed by atoms with van der Waals surface area (Å²) in [5, 5.41) is 7.67. The number of carbonyl (C=O) groups is 3. The quantitative estimate of drug-likeness (QED) is 0.633. The second-order valence-corrected chi connectivity index (χ2v) is 6.25. The van der Waals surface area contributed by atoms with Gasteiger partial charge in [-0.25, -0.2) is 4.98 Å². The van der Waals surface area contributed by atoms with E-state index in [0.29, 0.717) is 16.9 Å². The van der Waals surface area contributed by atoms with Crippen LogP contribution in [0.1, 0.15) is 29.8 Å². The number of anilines is 2. The second kappa shape index (κ2) is 9.72. The zero-order chi connectivity index (χ0) is 22.3. The highest BCUT2D eigenvalue weighted by Crippen LogP contribution is 2.20. The van der Waals surface area contributed by atoms with Crippen LogP contribution in [0.3, 0.4) is 0 Å². The third-order valence-electron chi connectivity index (χ3n) is 3.47. The van der Waals surface area contributed by atoms with Gasteiger partial charge in [-0.05, 0) is 29.8 Å². The summed E-state index contributed by atoms with van der Waals surface area (Å²) >= 11 is 0. The van der Waals surface area contributed by atoms with Crippen LogP contribution >= 0.6 is 0 Å². The molecule has 0 saturated heterocycles. The first-order chi connectivity index (χ1) is 14.0. The highest BCUT2D eigenvalue weighted by molar-refractivity contribution is 5.99. The average molecular weight is 424 g/mol. The van der Waals surface area contributed by atoms with Crippen LogP contribution in [0, 0.1) is 0 Å². The standard InChI is InChI=1S/C19H19F3N4O4/c1-11(27)25-15-6-14(7-16(8-15)26-12(2)28)18(29)24-9-13-3-4-23-17(5-13)30-10-19(20,21)22/h3-8H,9-10H2,1-2H3,(H,24,29)(H,25,27)(H,26,28). The first kappa shape index (κ1) is 22.7. The summed E-state index contributed by atoms with van der Waals surface area (Å²) in [5.41, 5.74) is 1.25. The molecular formula is C19H19F3N4O4. The summed E-state index contributed by atoms with van der Waals surface area (Å²) in [7, 11) is 0. The van der Waals surface area contributed by atoms with Crippen molar-refractivity contribution in [2.75, 3.05) is 17.2 Å². The Kier molecular flexibility index (Phi) is 7.34. The number of carbonyl (C=O) groups excluding carboxylic acids is 3. The fraction of sp³-hybridized carbons (Fsp3) is 0.263. The lowest BCUT2D eigenvalue weighted by Gasteiger charge is -2.12. The maximum absolute atomic E-state index is 12.5. The first-order valence-electron chi connectivity index (χ1n) is 8.65. The van der Waals surface area contributed by atoms with Crippen molar-refractivity contribution >= 4 is 29.1 Å². The minimum Gasteiger partial charge on any atom is -0.468 e. The Bertz CT molecular complexity index is 913. The maximum Gasteiger partial charge on any atom is 0.422 e. The van der Waals surface area contributed by atoms with Crippen molar-refractivity contribution in [1.29, 1.82) is 0 Å². The third kappa shape index (κ3) is 7.78. The smallest absolute Gasteiger partial charge is 0.422 e. The summed E-state index contributed by atoms with van der Waals surface area (Å²) in [6.07, 6.45) is -3.23. The van der Waals surface area contributed by atoms with E-state index in [2.05, 4.69) is 25.7 Å². The molecule has 0 aliphatic carbocycles. The molecule has 0 aliphatic rings. The van der Waals surface area contributed by atoms with E-state index in [0.717, 1.165) is 0 Å². The van der Waals surface area contributed by atoms with E-state index in [1.54, 1.807) is 0 Å². The van der Waals surface area contributed by atoms with E-state index in [4.69, 9.17) is 0 Å². The first-order valence-corrected chi connectivity index (χ1v) is 8.65. The number of halogens is 3. The van der Waals surface area contributed by atoms with E-state index >= 15 is 0 Å². The molecule has 1 aromatic carbocycles. The van der Waals surface area contributed by atoms with Gasteiger partial charge in [0.25, 0.3) is 5.91 Å². The molecule has 0 unspecified atom stereocenters. The van der Waals surface area contributed by atoms with Crippen LogP contribution in [0.25, 0.3) is 0 Å². The summed E-state index contributed by atoms with van der Waals surface area (Å²) in [5.74, 6) is -1.46. The van der Waals surface area contributed by atoms with Crippen molar-refractivity contribution in [3.63, 3.8) is 0 Å². The van der Waals surface area contributed by atoms with E-state index in [1.165, 1.54) is 50.4 Å². The van der Waals surface area contributed by atoms with Gasteiger partial charge in [0.15, 0.2) is 6.61 Å². The van der Waals surface area contributed by atoms with Gasteiger partial charge in [-0.1, -0.05) is 0 Å². The van der Waals surface area contributed by atoms with E-state index in [1.807, 2.05) is 0 Å². The van der Waals surface area contributed by atoms with Crippen LogP contribution < -0.4 is 20.7 Å². The van der Waals surface area contributed by atoms with Crippen molar-refractivity contribution in [3.8, 4) is 5.88 Å². The molecule has 0 spiro atoms. The zero-order valence-electron chi connectivity index (χ0n) is 16.1. The molecule has 160 valence electrons. The van der Waals surface area contributed by atoms with Crippen LogP contribution in [0.15, 0.2) is 36.5 Å². The molecule has 3 amide bonds. The Morgan fingerprint density at radius 2 is 1.60 bits per heavy atom. The SMILES string of the molecule is CC(=O)Nc1cc(NC(C)=O)cc(C(=O)NCc2ccnc(OCC(F)(F)F)c2)c1. The van der Waals surface area contributed by atoms with Gasteiger partial charge in [-0.2, -0.15) is 13.2 Å². The molecule has 0 radical (unpaired) electrons. The number of alkyl halides is 3. The molecule has 2 aromatic rings. The second-order valence-electron chi connectivity index (χ2n) is 6.25. The van der Waals surface area contributed by atoms with Gasteiger partial charge in [-0.15, -0.1) is 0 Å². The maximum atomic E-state index is 12.5. The van der Waals surface area contributed by atoms with Crippen LogP contribution in [0.2, 0.25) is 0 Å². The molecule has 11 heteroatoms. The number of pyridine rings is 1. The molecule has 8 nitrogen and oxygen atoms in total. The normalized spacial score (nSPS) is 10.8. The van der Waals surface area contributed by atoms with E-state index < -0.39 is 18.7 Å². The summed E-state index contributed by atoms with van der Waals surface area (Å²) in [6.45, 7) is 1.11. The molecule has 0 bridgehead atoms. The van der Waals surface area contributed by atoms with Gasteiger partial charge in [0.05, 0.1) is 0 Å². The molecular weight excluding hydrogens is 405 g/mol. The number of hydrogen-bond acceptors (Lipinski definition) is 5. The van der Waals surface area contributed by atoms with Crippen molar-refractivity contribution in [3.05, 3.63) is 47.7 Å². The monoisotopic (exact) mass is 424 g/mol. The van der Waals surface area contributed by atoms with Crippen LogP contribution in [0.5, 0.6) is 5.88 Å². The highest BCUT2D eigenvalue weighted by Gasteiger charge is 2.28. The third-order valence-corrected chi connectivity index (χ3v) is 3.47. The number of nitrogens with zero attached hydrogens (tertiary/aromatic N) is 1. The largest absolute Gasteiger partial charge is 0.468 e. The molecule has 0 aliphatic heterocycles.